The fourth-order valence-electron chi connectivity index (χ4n) is 1.70. The van der Waals surface area contributed by atoms with Gasteiger partial charge in [0.1, 0.15) is 10.5 Å². The predicted molar refractivity (Wildman–Crippen MR) is 69.8 cm³/mol. The van der Waals surface area contributed by atoms with Gasteiger partial charge in [0.2, 0.25) is 0 Å². The van der Waals surface area contributed by atoms with Crippen LogP contribution in [-0.4, -0.2) is 15.1 Å². The van der Waals surface area contributed by atoms with Crippen molar-refractivity contribution in [3.63, 3.8) is 0 Å². The molecule has 0 saturated carbocycles. The highest BCUT2D eigenvalue weighted by Crippen LogP contribution is 2.27. The topological polar surface area (TPSA) is 51.8 Å². The van der Waals surface area contributed by atoms with Crippen LogP contribution in [0.25, 0.3) is 22.5 Å². The first-order valence-electron chi connectivity index (χ1n) is 5.20. The summed E-state index contributed by atoms with van der Waals surface area (Å²) in [7, 11) is 0. The summed E-state index contributed by atoms with van der Waals surface area (Å²) in [4.78, 5) is 8.53. The highest BCUT2D eigenvalue weighted by molar-refractivity contribution is 6.34. The Morgan fingerprint density at radius 3 is 2.78 bits per heavy atom. The van der Waals surface area contributed by atoms with E-state index in [1.165, 1.54) is 0 Å². The van der Waals surface area contributed by atoms with Gasteiger partial charge in [-0.05, 0) is 19.1 Å². The van der Waals surface area contributed by atoms with Crippen molar-refractivity contribution in [2.75, 3.05) is 0 Å². The minimum atomic E-state index is 0.328. The van der Waals surface area contributed by atoms with Crippen molar-refractivity contribution < 1.29 is 4.52 Å². The molecular formula is C12H7Cl2N3O. The first-order valence-corrected chi connectivity index (χ1v) is 5.96. The Hall–Kier alpha value is -1.65. The number of fused-ring (bicyclic) bond motifs is 1. The predicted octanol–water partition coefficient (Wildman–Crippen LogP) is 3.90. The molecule has 4 nitrogen and oxygen atoms in total. The fourth-order valence-corrected chi connectivity index (χ4v) is 2.19. The van der Waals surface area contributed by atoms with Gasteiger partial charge in [-0.25, -0.2) is 4.98 Å². The molecule has 0 radical (unpaired) electrons. The van der Waals surface area contributed by atoms with E-state index in [0.29, 0.717) is 32.8 Å². The van der Waals surface area contributed by atoms with Gasteiger partial charge in [-0.15, -0.1) is 0 Å². The second-order valence-electron chi connectivity index (χ2n) is 3.80. The van der Waals surface area contributed by atoms with E-state index in [0.717, 1.165) is 5.56 Å². The van der Waals surface area contributed by atoms with E-state index in [2.05, 4.69) is 15.1 Å². The molecule has 0 saturated heterocycles. The molecule has 2 aromatic heterocycles. The number of rotatable bonds is 1. The van der Waals surface area contributed by atoms with Crippen LogP contribution in [0.5, 0.6) is 0 Å². The van der Waals surface area contributed by atoms with Crippen molar-refractivity contribution in [1.82, 2.24) is 15.1 Å². The zero-order valence-electron chi connectivity index (χ0n) is 9.32. The number of halogens is 2. The van der Waals surface area contributed by atoms with E-state index >= 15 is 0 Å². The SMILES string of the molecule is Cc1noc2nc(-c3cccc(Cl)c3)nc(Cl)c12. The van der Waals surface area contributed by atoms with E-state index in [-0.39, 0.29) is 0 Å². The van der Waals surface area contributed by atoms with Crippen molar-refractivity contribution >= 4 is 34.3 Å². The Morgan fingerprint density at radius 1 is 1.17 bits per heavy atom. The largest absolute Gasteiger partial charge is 0.335 e. The van der Waals surface area contributed by atoms with Crippen molar-refractivity contribution in [2.24, 2.45) is 0 Å². The van der Waals surface area contributed by atoms with Crippen molar-refractivity contribution in [3.05, 3.63) is 40.1 Å². The molecule has 0 aliphatic heterocycles. The maximum atomic E-state index is 6.11. The molecule has 0 atom stereocenters. The van der Waals surface area contributed by atoms with Gasteiger partial charge in [0.05, 0.1) is 5.69 Å². The van der Waals surface area contributed by atoms with Crippen LogP contribution in [0.15, 0.2) is 28.8 Å². The molecule has 90 valence electrons. The standard InChI is InChI=1S/C12H7Cl2N3O/c1-6-9-10(14)15-11(16-12(9)18-17-6)7-3-2-4-8(13)5-7/h2-5H,1H3. The summed E-state index contributed by atoms with van der Waals surface area (Å²) in [5, 5.41) is 5.40. The Labute approximate surface area is 113 Å². The molecule has 6 heteroatoms. The van der Waals surface area contributed by atoms with Gasteiger partial charge >= 0.3 is 0 Å². The highest BCUT2D eigenvalue weighted by Gasteiger charge is 2.14. The molecule has 2 heterocycles. The van der Waals surface area contributed by atoms with Gasteiger partial charge in [-0.1, -0.05) is 40.5 Å². The van der Waals surface area contributed by atoms with Gasteiger partial charge in [0, 0.05) is 10.6 Å². The minimum Gasteiger partial charge on any atom is -0.335 e. The van der Waals surface area contributed by atoms with Crippen molar-refractivity contribution in [2.45, 2.75) is 6.92 Å². The molecule has 0 amide bonds. The molecule has 3 aromatic rings. The summed E-state index contributed by atoms with van der Waals surface area (Å²) in [5.41, 5.74) is 1.83. The Morgan fingerprint density at radius 2 is 2.00 bits per heavy atom. The lowest BCUT2D eigenvalue weighted by Crippen LogP contribution is -1.90. The second-order valence-corrected chi connectivity index (χ2v) is 4.59. The first-order chi connectivity index (χ1) is 8.65. The highest BCUT2D eigenvalue weighted by atomic mass is 35.5. The molecular weight excluding hydrogens is 273 g/mol. The molecule has 0 bridgehead atoms. The normalized spacial score (nSPS) is 11.1. The lowest BCUT2D eigenvalue weighted by Gasteiger charge is -2.01. The molecule has 0 fully saturated rings. The first kappa shape index (κ1) is 11.4. The molecule has 0 N–H and O–H groups in total. The van der Waals surface area contributed by atoms with Gasteiger partial charge < -0.3 is 4.52 Å². The minimum absolute atomic E-state index is 0.328. The third-order valence-corrected chi connectivity index (χ3v) is 3.05. The van der Waals surface area contributed by atoms with E-state index in [9.17, 15) is 0 Å². The Kier molecular flexibility index (Phi) is 2.69. The van der Waals surface area contributed by atoms with Crippen molar-refractivity contribution in [3.8, 4) is 11.4 Å². The lowest BCUT2D eigenvalue weighted by molar-refractivity contribution is 0.443. The van der Waals surface area contributed by atoms with Crippen LogP contribution >= 0.6 is 23.2 Å². The third-order valence-electron chi connectivity index (χ3n) is 2.55. The van der Waals surface area contributed by atoms with Gasteiger partial charge in [-0.3, -0.25) is 0 Å². The van der Waals surface area contributed by atoms with Gasteiger partial charge in [0.15, 0.2) is 5.82 Å². The molecule has 0 unspecified atom stereocenters. The zero-order chi connectivity index (χ0) is 12.7. The van der Waals surface area contributed by atoms with Crippen LogP contribution in [0.2, 0.25) is 10.2 Å². The summed E-state index contributed by atoms with van der Waals surface area (Å²) in [5.74, 6) is 0.464. The summed E-state index contributed by atoms with van der Waals surface area (Å²) < 4.78 is 5.10. The van der Waals surface area contributed by atoms with Crippen LogP contribution in [0.4, 0.5) is 0 Å². The van der Waals surface area contributed by atoms with E-state index < -0.39 is 0 Å². The van der Waals surface area contributed by atoms with E-state index in [1.54, 1.807) is 19.1 Å². The molecule has 18 heavy (non-hydrogen) atoms. The summed E-state index contributed by atoms with van der Waals surface area (Å²) in [6.07, 6.45) is 0. The molecule has 0 aliphatic carbocycles. The number of hydrogen-bond donors (Lipinski definition) is 0. The average Bonchev–Trinajstić information content (AvgIpc) is 2.71. The molecule has 1 aromatic carbocycles. The van der Waals surface area contributed by atoms with Gasteiger partial charge in [0.25, 0.3) is 5.71 Å². The smallest absolute Gasteiger partial charge is 0.263 e. The van der Waals surface area contributed by atoms with Crippen LogP contribution in [0.3, 0.4) is 0 Å². The van der Waals surface area contributed by atoms with E-state index in [1.807, 2.05) is 12.1 Å². The lowest BCUT2D eigenvalue weighted by atomic mass is 10.2. The van der Waals surface area contributed by atoms with Gasteiger partial charge in [-0.2, -0.15) is 4.98 Å². The maximum absolute atomic E-state index is 6.11. The fraction of sp³-hybridized carbons (Fsp3) is 0.0833. The van der Waals surface area contributed by atoms with Crippen molar-refractivity contribution in [1.29, 1.82) is 0 Å². The monoisotopic (exact) mass is 279 g/mol. The maximum Gasteiger partial charge on any atom is 0.263 e. The number of benzene rings is 1. The summed E-state index contributed by atoms with van der Waals surface area (Å²) in [6.45, 7) is 1.79. The molecule has 0 aliphatic rings. The number of hydrogen-bond acceptors (Lipinski definition) is 4. The number of aryl methyl sites for hydroxylation is 1. The average molecular weight is 280 g/mol. The number of aromatic nitrogens is 3. The second kappa shape index (κ2) is 4.23. The van der Waals surface area contributed by atoms with E-state index in [4.69, 9.17) is 27.7 Å². The van der Waals surface area contributed by atoms with Crippen LogP contribution in [0.1, 0.15) is 5.69 Å². The molecule has 0 spiro atoms. The van der Waals surface area contributed by atoms with Crippen LogP contribution in [-0.2, 0) is 0 Å². The third kappa shape index (κ3) is 1.83. The quantitative estimate of drug-likeness (QED) is 0.634. The number of nitrogens with zero attached hydrogens (tertiary/aromatic N) is 3. The molecule has 3 rings (SSSR count). The zero-order valence-corrected chi connectivity index (χ0v) is 10.8. The Bertz CT molecular complexity index is 739. The van der Waals surface area contributed by atoms with Crippen LogP contribution in [0, 0.1) is 6.92 Å². The Balaban J connectivity index is 2.25. The van der Waals surface area contributed by atoms with Crippen LogP contribution < -0.4 is 0 Å². The summed E-state index contributed by atoms with van der Waals surface area (Å²) >= 11 is 12.0. The summed E-state index contributed by atoms with van der Waals surface area (Å²) in [6, 6.07) is 7.23.